The average Bonchev–Trinajstić information content (AvgIpc) is 2.23. The van der Waals surface area contributed by atoms with E-state index in [9.17, 15) is 13.2 Å². The summed E-state index contributed by atoms with van der Waals surface area (Å²) in [5.41, 5.74) is 6.50. The van der Waals surface area contributed by atoms with Crippen LogP contribution in [0.1, 0.15) is 18.5 Å². The highest BCUT2D eigenvalue weighted by Crippen LogP contribution is 2.18. The van der Waals surface area contributed by atoms with Crippen molar-refractivity contribution in [3.63, 3.8) is 0 Å². The molecule has 0 aliphatic rings. The minimum absolute atomic E-state index is 0.158. The van der Waals surface area contributed by atoms with E-state index in [1.165, 1.54) is 0 Å². The molecule has 0 heterocycles. The molecule has 1 aromatic carbocycles. The van der Waals surface area contributed by atoms with Gasteiger partial charge in [-0.2, -0.15) is 13.2 Å². The van der Waals surface area contributed by atoms with Crippen molar-refractivity contribution in [3.8, 4) is 5.75 Å². The highest BCUT2D eigenvalue weighted by molar-refractivity contribution is 5.29. The molecule has 0 saturated heterocycles. The summed E-state index contributed by atoms with van der Waals surface area (Å²) in [7, 11) is 0. The Bertz CT molecular complexity index is 353. The molecular formula is C11H14F3NO2. The lowest BCUT2D eigenvalue weighted by atomic mass is 10.1. The van der Waals surface area contributed by atoms with Gasteiger partial charge in [-0.15, -0.1) is 0 Å². The maximum Gasteiger partial charge on any atom is 0.411 e. The molecule has 1 atom stereocenters. The van der Waals surface area contributed by atoms with E-state index < -0.39 is 19.6 Å². The van der Waals surface area contributed by atoms with E-state index in [1.54, 1.807) is 25.1 Å². The van der Waals surface area contributed by atoms with Crippen LogP contribution in [-0.4, -0.2) is 19.6 Å². The van der Waals surface area contributed by atoms with Gasteiger partial charge in [0.2, 0.25) is 0 Å². The van der Waals surface area contributed by atoms with Gasteiger partial charge in [-0.3, -0.25) is 0 Å². The molecular weight excluding hydrogens is 235 g/mol. The maximum atomic E-state index is 11.8. The first-order chi connectivity index (χ1) is 7.88. The van der Waals surface area contributed by atoms with E-state index in [4.69, 9.17) is 10.5 Å². The van der Waals surface area contributed by atoms with Gasteiger partial charge in [0.1, 0.15) is 12.4 Å². The number of rotatable bonds is 5. The second kappa shape index (κ2) is 5.88. The van der Waals surface area contributed by atoms with Crippen LogP contribution in [0.5, 0.6) is 5.75 Å². The maximum absolute atomic E-state index is 11.8. The van der Waals surface area contributed by atoms with Crippen LogP contribution in [0.15, 0.2) is 24.3 Å². The van der Waals surface area contributed by atoms with E-state index >= 15 is 0 Å². The molecule has 6 heteroatoms. The van der Waals surface area contributed by atoms with Gasteiger partial charge in [0.05, 0.1) is 0 Å². The fourth-order valence-corrected chi connectivity index (χ4v) is 1.15. The summed E-state index contributed by atoms with van der Waals surface area (Å²) in [4.78, 5) is 0. The Morgan fingerprint density at radius 3 is 2.65 bits per heavy atom. The lowest BCUT2D eigenvalue weighted by molar-refractivity contribution is -0.186. The predicted octanol–water partition coefficient (Wildman–Crippen LogP) is 2.62. The molecule has 0 unspecified atom stereocenters. The molecule has 0 aromatic heterocycles. The molecule has 96 valence electrons. The zero-order valence-electron chi connectivity index (χ0n) is 9.33. The second-order valence-corrected chi connectivity index (χ2v) is 3.59. The van der Waals surface area contributed by atoms with Crippen LogP contribution in [-0.2, 0) is 4.74 Å². The fraction of sp³-hybridized carbons (Fsp3) is 0.455. The Morgan fingerprint density at radius 2 is 2.06 bits per heavy atom. The number of ether oxygens (including phenoxy) is 2. The second-order valence-electron chi connectivity index (χ2n) is 3.59. The monoisotopic (exact) mass is 249 g/mol. The highest BCUT2D eigenvalue weighted by Gasteiger charge is 2.27. The first-order valence-corrected chi connectivity index (χ1v) is 5.01. The lowest BCUT2D eigenvalue weighted by Crippen LogP contribution is -2.19. The Morgan fingerprint density at radius 1 is 1.35 bits per heavy atom. The molecule has 1 rings (SSSR count). The van der Waals surface area contributed by atoms with Gasteiger partial charge in [-0.05, 0) is 24.6 Å². The van der Waals surface area contributed by atoms with Gasteiger partial charge in [0.25, 0.3) is 0 Å². The molecule has 0 saturated carbocycles. The van der Waals surface area contributed by atoms with Crippen LogP contribution in [0.25, 0.3) is 0 Å². The van der Waals surface area contributed by atoms with Gasteiger partial charge >= 0.3 is 6.18 Å². The zero-order chi connectivity index (χ0) is 12.9. The smallest absolute Gasteiger partial charge is 0.411 e. The van der Waals surface area contributed by atoms with Crippen molar-refractivity contribution in [2.75, 3.05) is 13.4 Å². The molecule has 2 N–H and O–H groups in total. The quantitative estimate of drug-likeness (QED) is 0.644. The average molecular weight is 249 g/mol. The van der Waals surface area contributed by atoms with Gasteiger partial charge in [0.15, 0.2) is 6.79 Å². The number of nitrogens with two attached hydrogens (primary N) is 1. The van der Waals surface area contributed by atoms with E-state index in [2.05, 4.69) is 4.74 Å². The normalized spacial score (nSPS) is 13.5. The molecule has 0 amide bonds. The van der Waals surface area contributed by atoms with E-state index in [0.29, 0.717) is 5.75 Å². The molecule has 0 aliphatic heterocycles. The van der Waals surface area contributed by atoms with Crippen molar-refractivity contribution in [1.82, 2.24) is 0 Å². The topological polar surface area (TPSA) is 44.5 Å². The SMILES string of the molecule is C[C@H](N)c1cccc(OCOCC(F)(F)F)c1. The third kappa shape index (κ3) is 5.55. The highest BCUT2D eigenvalue weighted by atomic mass is 19.4. The number of hydrogen-bond donors (Lipinski definition) is 1. The summed E-state index contributed by atoms with van der Waals surface area (Å²) in [6.45, 7) is 0.0428. The molecule has 0 aliphatic carbocycles. The number of alkyl halides is 3. The molecule has 0 radical (unpaired) electrons. The van der Waals surface area contributed by atoms with Gasteiger partial charge in [-0.25, -0.2) is 0 Å². The Balaban J connectivity index is 2.39. The van der Waals surface area contributed by atoms with Crippen LogP contribution >= 0.6 is 0 Å². The number of hydrogen-bond acceptors (Lipinski definition) is 3. The van der Waals surface area contributed by atoms with Crippen molar-refractivity contribution in [2.24, 2.45) is 5.73 Å². The number of benzene rings is 1. The largest absolute Gasteiger partial charge is 0.468 e. The lowest BCUT2D eigenvalue weighted by Gasteiger charge is -2.11. The third-order valence-corrected chi connectivity index (χ3v) is 1.96. The summed E-state index contributed by atoms with van der Waals surface area (Å²) >= 11 is 0. The summed E-state index contributed by atoms with van der Waals surface area (Å²) < 4.78 is 44.6. The van der Waals surface area contributed by atoms with E-state index in [-0.39, 0.29) is 6.04 Å². The van der Waals surface area contributed by atoms with Crippen LogP contribution in [0.2, 0.25) is 0 Å². The minimum atomic E-state index is -4.34. The predicted molar refractivity (Wildman–Crippen MR) is 56.5 cm³/mol. The molecule has 17 heavy (non-hydrogen) atoms. The van der Waals surface area contributed by atoms with Gasteiger partial charge in [-0.1, -0.05) is 12.1 Å². The van der Waals surface area contributed by atoms with Crippen LogP contribution < -0.4 is 10.5 Å². The van der Waals surface area contributed by atoms with Crippen molar-refractivity contribution in [3.05, 3.63) is 29.8 Å². The zero-order valence-corrected chi connectivity index (χ0v) is 9.33. The first-order valence-electron chi connectivity index (χ1n) is 5.01. The molecule has 0 spiro atoms. The van der Waals surface area contributed by atoms with Gasteiger partial charge in [0, 0.05) is 6.04 Å². The Hall–Kier alpha value is -1.27. The van der Waals surface area contributed by atoms with Crippen molar-refractivity contribution in [2.45, 2.75) is 19.1 Å². The molecule has 0 fully saturated rings. The Labute approximate surface area is 97.3 Å². The summed E-state index contributed by atoms with van der Waals surface area (Å²) in [5.74, 6) is 0.432. The fourth-order valence-electron chi connectivity index (χ4n) is 1.15. The number of halogens is 3. The van der Waals surface area contributed by atoms with Crippen LogP contribution in [0.4, 0.5) is 13.2 Å². The summed E-state index contributed by atoms with van der Waals surface area (Å²) in [6, 6.07) is 6.67. The molecule has 1 aromatic rings. The third-order valence-electron chi connectivity index (χ3n) is 1.96. The van der Waals surface area contributed by atoms with Gasteiger partial charge < -0.3 is 15.2 Å². The van der Waals surface area contributed by atoms with E-state index in [0.717, 1.165) is 5.56 Å². The standard InChI is InChI=1S/C11H14F3NO2/c1-8(15)9-3-2-4-10(5-9)17-7-16-6-11(12,13)14/h2-5,8H,6-7,15H2,1H3/t8-/m0/s1. The summed E-state index contributed by atoms with van der Waals surface area (Å²) in [5, 5.41) is 0. The first kappa shape index (κ1) is 13.8. The molecule has 0 bridgehead atoms. The van der Waals surface area contributed by atoms with Crippen molar-refractivity contribution in [1.29, 1.82) is 0 Å². The van der Waals surface area contributed by atoms with Crippen molar-refractivity contribution >= 4 is 0 Å². The Kier molecular flexibility index (Phi) is 4.77. The van der Waals surface area contributed by atoms with Crippen LogP contribution in [0, 0.1) is 0 Å². The van der Waals surface area contributed by atoms with Crippen LogP contribution in [0.3, 0.4) is 0 Å². The minimum Gasteiger partial charge on any atom is -0.468 e. The summed E-state index contributed by atoms with van der Waals surface area (Å²) in [6.07, 6.45) is -4.34. The molecule has 3 nitrogen and oxygen atoms in total. The van der Waals surface area contributed by atoms with Crippen molar-refractivity contribution < 1.29 is 22.6 Å². The van der Waals surface area contributed by atoms with E-state index in [1.807, 2.05) is 6.07 Å².